The highest BCUT2D eigenvalue weighted by Gasteiger charge is 2.61. The van der Waals surface area contributed by atoms with E-state index in [1.54, 1.807) is 11.8 Å². The van der Waals surface area contributed by atoms with E-state index in [1.807, 2.05) is 6.08 Å². The molecule has 4 rings (SSSR count). The molecule has 0 aliphatic heterocycles. The highest BCUT2D eigenvalue weighted by molar-refractivity contribution is 7.99. The lowest BCUT2D eigenvalue weighted by Gasteiger charge is -2.58. The second-order valence-electron chi connectivity index (χ2n) is 9.74. The molecule has 0 heterocycles. The third-order valence-electron chi connectivity index (χ3n) is 8.52. The second-order valence-corrected chi connectivity index (χ2v) is 11.1. The Bertz CT molecular complexity index is 673. The first-order valence-electron chi connectivity index (χ1n) is 10.5. The van der Waals surface area contributed by atoms with Crippen LogP contribution in [0.4, 0.5) is 0 Å². The van der Waals surface area contributed by atoms with Gasteiger partial charge in [-0.2, -0.15) is 11.8 Å². The second kappa shape index (κ2) is 6.91. The number of carbonyl (C=O) groups is 2. The fourth-order valence-corrected chi connectivity index (χ4v) is 8.66. The summed E-state index contributed by atoms with van der Waals surface area (Å²) in [6.07, 6.45) is 8.62. The number of hydrogen-bond donors (Lipinski definition) is 2. The zero-order valence-corrected chi connectivity index (χ0v) is 17.3. The molecule has 0 spiro atoms. The van der Waals surface area contributed by atoms with Gasteiger partial charge in [0, 0.05) is 17.4 Å². The third-order valence-corrected chi connectivity index (χ3v) is 9.88. The van der Waals surface area contributed by atoms with Gasteiger partial charge in [-0.3, -0.25) is 9.59 Å². The summed E-state index contributed by atoms with van der Waals surface area (Å²) in [6, 6.07) is 0. The first-order valence-corrected chi connectivity index (χ1v) is 11.6. The minimum atomic E-state index is -0.739. The Labute approximate surface area is 166 Å². The summed E-state index contributed by atoms with van der Waals surface area (Å²) in [5.74, 6) is 1.82. The van der Waals surface area contributed by atoms with E-state index in [2.05, 4.69) is 13.8 Å². The molecule has 0 saturated heterocycles. The monoisotopic (exact) mass is 392 g/mol. The largest absolute Gasteiger partial charge is 0.481 e. The fraction of sp³-hybridized carbons (Fsp3) is 0.818. The number of hydrogen-bond acceptors (Lipinski definition) is 4. The Morgan fingerprint density at radius 2 is 2.04 bits per heavy atom. The van der Waals surface area contributed by atoms with E-state index in [0.29, 0.717) is 41.0 Å². The maximum Gasteiger partial charge on any atom is 0.304 e. The molecule has 4 nitrogen and oxygen atoms in total. The van der Waals surface area contributed by atoms with Crippen LogP contribution in [0.25, 0.3) is 0 Å². The van der Waals surface area contributed by atoms with E-state index in [4.69, 9.17) is 5.11 Å². The molecule has 5 heteroatoms. The van der Waals surface area contributed by atoms with Crippen molar-refractivity contribution in [3.63, 3.8) is 0 Å². The average Bonchev–Trinajstić information content (AvgIpc) is 2.86. The number of carboxylic acid groups (broad SMARTS) is 1. The summed E-state index contributed by atoms with van der Waals surface area (Å²) in [6.45, 7) is 4.65. The molecule has 0 aromatic heterocycles. The van der Waals surface area contributed by atoms with E-state index in [1.165, 1.54) is 5.57 Å². The molecule has 0 radical (unpaired) electrons. The van der Waals surface area contributed by atoms with Crippen LogP contribution in [0.1, 0.15) is 65.2 Å². The Morgan fingerprint density at radius 1 is 1.26 bits per heavy atom. The van der Waals surface area contributed by atoms with Crippen molar-refractivity contribution in [3.05, 3.63) is 11.6 Å². The van der Waals surface area contributed by atoms with Crippen molar-refractivity contribution >= 4 is 23.5 Å². The molecule has 0 aromatic carbocycles. The van der Waals surface area contributed by atoms with E-state index in [-0.39, 0.29) is 23.4 Å². The SMILES string of the molecule is C[C@]12CC[C@H]3[C@@H](CCC4=CC(=O)CC[C@@]43C)[C@@H]1[C@H](SCCC(=O)O)C[C@@H]2O. The molecule has 0 aromatic rings. The van der Waals surface area contributed by atoms with Gasteiger partial charge in [0.1, 0.15) is 0 Å². The molecular formula is C22H32O4S. The summed E-state index contributed by atoms with van der Waals surface area (Å²) in [5, 5.41) is 20.3. The lowest BCUT2D eigenvalue weighted by molar-refractivity contribution is -0.136. The van der Waals surface area contributed by atoms with Crippen LogP contribution in [0.5, 0.6) is 0 Å². The lowest BCUT2D eigenvalue weighted by atomic mass is 9.47. The van der Waals surface area contributed by atoms with Crippen molar-refractivity contribution in [3.8, 4) is 0 Å². The number of allylic oxidation sites excluding steroid dienone is 1. The molecule has 0 bridgehead atoms. The van der Waals surface area contributed by atoms with E-state index >= 15 is 0 Å². The quantitative estimate of drug-likeness (QED) is 0.754. The number of carboxylic acids is 1. The molecule has 150 valence electrons. The van der Waals surface area contributed by atoms with Gasteiger partial charge in [0.05, 0.1) is 12.5 Å². The summed E-state index contributed by atoms with van der Waals surface area (Å²) >= 11 is 1.78. The topological polar surface area (TPSA) is 74.6 Å². The molecular weight excluding hydrogens is 360 g/mol. The number of rotatable bonds is 4. The maximum absolute atomic E-state index is 12.0. The third kappa shape index (κ3) is 3.09. The van der Waals surface area contributed by atoms with Crippen LogP contribution < -0.4 is 0 Å². The molecule has 3 saturated carbocycles. The zero-order valence-electron chi connectivity index (χ0n) is 16.4. The highest BCUT2D eigenvalue weighted by Crippen LogP contribution is 2.66. The smallest absolute Gasteiger partial charge is 0.304 e. The van der Waals surface area contributed by atoms with Crippen molar-refractivity contribution in [2.45, 2.75) is 76.6 Å². The van der Waals surface area contributed by atoms with Crippen molar-refractivity contribution in [2.75, 3.05) is 5.75 Å². The molecule has 7 atom stereocenters. The van der Waals surface area contributed by atoms with Gasteiger partial charge in [0.2, 0.25) is 0 Å². The summed E-state index contributed by atoms with van der Waals surface area (Å²) in [4.78, 5) is 22.9. The van der Waals surface area contributed by atoms with Gasteiger partial charge >= 0.3 is 5.97 Å². The lowest BCUT2D eigenvalue weighted by Crippen LogP contribution is -2.52. The summed E-state index contributed by atoms with van der Waals surface area (Å²) in [5.41, 5.74) is 1.48. The van der Waals surface area contributed by atoms with Crippen molar-refractivity contribution in [1.29, 1.82) is 0 Å². The van der Waals surface area contributed by atoms with Crippen LogP contribution in [0.2, 0.25) is 0 Å². The van der Waals surface area contributed by atoms with Gasteiger partial charge in [0.25, 0.3) is 0 Å². The normalized spacial score (nSPS) is 46.3. The van der Waals surface area contributed by atoms with E-state index in [9.17, 15) is 14.7 Å². The molecule has 2 N–H and O–H groups in total. The fourth-order valence-electron chi connectivity index (χ4n) is 7.03. The van der Waals surface area contributed by atoms with Gasteiger partial charge in [-0.1, -0.05) is 19.4 Å². The predicted molar refractivity (Wildman–Crippen MR) is 107 cm³/mol. The van der Waals surface area contributed by atoms with E-state index < -0.39 is 5.97 Å². The van der Waals surface area contributed by atoms with Crippen LogP contribution in [0.3, 0.4) is 0 Å². The Kier molecular flexibility index (Phi) is 4.99. The molecule has 4 aliphatic carbocycles. The van der Waals surface area contributed by atoms with Gasteiger partial charge in [0.15, 0.2) is 5.78 Å². The maximum atomic E-state index is 12.0. The molecule has 27 heavy (non-hydrogen) atoms. The number of thioether (sulfide) groups is 1. The average molecular weight is 393 g/mol. The molecule has 0 amide bonds. The molecule has 3 fully saturated rings. The van der Waals surface area contributed by atoms with Gasteiger partial charge < -0.3 is 10.2 Å². The number of carbonyl (C=O) groups excluding carboxylic acids is 1. The number of aliphatic hydroxyl groups is 1. The summed E-state index contributed by atoms with van der Waals surface area (Å²) < 4.78 is 0. The standard InChI is InChI=1S/C22H32O4S/c1-21-8-5-14(23)11-13(21)3-4-15-16(21)6-9-22(2)18(24)12-17(20(15)22)27-10-7-19(25)26/h11,15-18,20,24H,3-10,12H2,1-2H3,(H,25,26)/t15-,16+,17-,18+,20-,21+,22-/m1/s1. The van der Waals surface area contributed by atoms with Gasteiger partial charge in [-0.05, 0) is 73.2 Å². The first-order chi connectivity index (χ1) is 12.8. The number of fused-ring (bicyclic) bond motifs is 5. The number of ketones is 1. The molecule has 0 unspecified atom stereocenters. The zero-order chi connectivity index (χ0) is 19.4. The van der Waals surface area contributed by atoms with Crippen molar-refractivity contribution < 1.29 is 19.8 Å². The Morgan fingerprint density at radius 3 is 2.78 bits per heavy atom. The minimum Gasteiger partial charge on any atom is -0.481 e. The highest BCUT2D eigenvalue weighted by atomic mass is 32.2. The summed E-state index contributed by atoms with van der Waals surface area (Å²) in [7, 11) is 0. The number of aliphatic hydroxyl groups excluding tert-OH is 1. The van der Waals surface area contributed by atoms with Crippen LogP contribution in [-0.4, -0.2) is 39.1 Å². The van der Waals surface area contributed by atoms with Crippen LogP contribution >= 0.6 is 11.8 Å². The van der Waals surface area contributed by atoms with Crippen molar-refractivity contribution in [1.82, 2.24) is 0 Å². The first kappa shape index (κ1) is 19.5. The minimum absolute atomic E-state index is 0.0376. The Balaban J connectivity index is 1.60. The van der Waals surface area contributed by atoms with Gasteiger partial charge in [-0.25, -0.2) is 0 Å². The van der Waals surface area contributed by atoms with Crippen LogP contribution in [0.15, 0.2) is 11.6 Å². The number of aliphatic carboxylic acids is 1. The van der Waals surface area contributed by atoms with E-state index in [0.717, 1.165) is 38.5 Å². The Hall–Kier alpha value is -0.810. The van der Waals surface area contributed by atoms with Crippen LogP contribution in [-0.2, 0) is 9.59 Å². The van der Waals surface area contributed by atoms with Gasteiger partial charge in [-0.15, -0.1) is 0 Å². The predicted octanol–water partition coefficient (Wildman–Crippen LogP) is 4.07. The van der Waals surface area contributed by atoms with Crippen LogP contribution in [0, 0.1) is 28.6 Å². The van der Waals surface area contributed by atoms with Crippen molar-refractivity contribution in [2.24, 2.45) is 28.6 Å². The molecule has 4 aliphatic rings.